The number of aryl methyl sites for hydroxylation is 1. The number of rotatable bonds is 6. The van der Waals surface area contributed by atoms with E-state index in [9.17, 15) is 4.79 Å². The Morgan fingerprint density at radius 2 is 1.61 bits per heavy atom. The van der Waals surface area contributed by atoms with E-state index in [1.165, 1.54) is 0 Å². The summed E-state index contributed by atoms with van der Waals surface area (Å²) < 4.78 is 3.80. The van der Waals surface area contributed by atoms with Crippen molar-refractivity contribution in [3.63, 3.8) is 0 Å². The van der Waals surface area contributed by atoms with Crippen molar-refractivity contribution >= 4 is 5.91 Å². The summed E-state index contributed by atoms with van der Waals surface area (Å²) >= 11 is 0. The zero-order valence-corrected chi connectivity index (χ0v) is 18.4. The maximum atomic E-state index is 13.6. The lowest BCUT2D eigenvalue weighted by Gasteiger charge is -2.18. The first-order chi connectivity index (χ1) is 15.0. The molecule has 0 radical (unpaired) electrons. The van der Waals surface area contributed by atoms with Crippen LogP contribution in [0.4, 0.5) is 0 Å². The summed E-state index contributed by atoms with van der Waals surface area (Å²) in [5.41, 5.74) is 6.13. The van der Waals surface area contributed by atoms with Gasteiger partial charge in [-0.1, -0.05) is 48.5 Å². The molecule has 0 spiro atoms. The molecule has 4 aromatic rings. The van der Waals surface area contributed by atoms with Crippen LogP contribution in [-0.2, 0) is 13.1 Å². The molecule has 1 amide bonds. The minimum absolute atomic E-state index is 0.0535. The van der Waals surface area contributed by atoms with Gasteiger partial charge in [0.1, 0.15) is 5.69 Å². The Balaban J connectivity index is 1.76. The Labute approximate surface area is 182 Å². The van der Waals surface area contributed by atoms with Crippen molar-refractivity contribution in [3.8, 4) is 16.9 Å². The molecule has 0 fully saturated rings. The molecule has 158 valence electrons. The highest BCUT2D eigenvalue weighted by molar-refractivity contribution is 6.01. The lowest BCUT2D eigenvalue weighted by molar-refractivity contribution is 0.0785. The average Bonchev–Trinajstić information content (AvgIpc) is 3.33. The highest BCUT2D eigenvalue weighted by Crippen LogP contribution is 2.28. The van der Waals surface area contributed by atoms with Gasteiger partial charge in [0.05, 0.1) is 23.1 Å². The lowest BCUT2D eigenvalue weighted by Crippen LogP contribution is -2.27. The first kappa shape index (κ1) is 20.6. The van der Waals surface area contributed by atoms with Gasteiger partial charge in [0, 0.05) is 37.0 Å². The number of amides is 1. The van der Waals surface area contributed by atoms with Gasteiger partial charge in [-0.15, -0.1) is 0 Å². The van der Waals surface area contributed by atoms with Crippen LogP contribution in [0.15, 0.2) is 66.9 Å². The molecule has 0 aliphatic rings. The van der Waals surface area contributed by atoms with Crippen LogP contribution in [0.2, 0.25) is 0 Å². The van der Waals surface area contributed by atoms with E-state index in [0.29, 0.717) is 17.8 Å². The molecule has 0 bridgehead atoms. The molecule has 31 heavy (non-hydrogen) atoms. The van der Waals surface area contributed by atoms with E-state index in [2.05, 4.69) is 12.0 Å². The van der Waals surface area contributed by atoms with E-state index in [1.54, 1.807) is 4.90 Å². The maximum Gasteiger partial charge on any atom is 0.258 e. The van der Waals surface area contributed by atoms with Gasteiger partial charge in [-0.25, -0.2) is 4.68 Å². The molecule has 2 heterocycles. The van der Waals surface area contributed by atoms with Crippen LogP contribution in [0, 0.1) is 13.8 Å². The topological polar surface area (TPSA) is 56.0 Å². The molecule has 6 nitrogen and oxygen atoms in total. The first-order valence-corrected chi connectivity index (χ1v) is 10.5. The lowest BCUT2D eigenvalue weighted by atomic mass is 10.0. The standard InChI is InChI=1S/C25H27N5O/c1-5-29-18(2)21(16-26-29)17-28(4)25(31)23-19(3)30(22-14-10-7-11-15-22)27-24(23)20-12-8-6-9-13-20/h6-16H,5,17H2,1-4H3. The summed E-state index contributed by atoms with van der Waals surface area (Å²) in [7, 11) is 1.83. The zero-order valence-electron chi connectivity index (χ0n) is 18.4. The summed E-state index contributed by atoms with van der Waals surface area (Å²) in [4.78, 5) is 15.4. The summed E-state index contributed by atoms with van der Waals surface area (Å²) in [6, 6.07) is 19.8. The van der Waals surface area contributed by atoms with E-state index in [0.717, 1.165) is 34.7 Å². The van der Waals surface area contributed by atoms with Gasteiger partial charge in [0.2, 0.25) is 0 Å². The quantitative estimate of drug-likeness (QED) is 0.463. The Bertz CT molecular complexity index is 1190. The minimum Gasteiger partial charge on any atom is -0.337 e. The normalized spacial score (nSPS) is 11.0. The molecule has 0 saturated carbocycles. The van der Waals surface area contributed by atoms with Crippen LogP contribution in [0.1, 0.15) is 34.2 Å². The van der Waals surface area contributed by atoms with Crippen LogP contribution in [-0.4, -0.2) is 37.4 Å². The van der Waals surface area contributed by atoms with Gasteiger partial charge in [0.15, 0.2) is 0 Å². The van der Waals surface area contributed by atoms with Gasteiger partial charge >= 0.3 is 0 Å². The smallest absolute Gasteiger partial charge is 0.258 e. The van der Waals surface area contributed by atoms with Crippen molar-refractivity contribution in [1.82, 2.24) is 24.5 Å². The van der Waals surface area contributed by atoms with Gasteiger partial charge in [-0.05, 0) is 32.9 Å². The Morgan fingerprint density at radius 3 is 2.23 bits per heavy atom. The molecular weight excluding hydrogens is 386 g/mol. The predicted molar refractivity (Wildman–Crippen MR) is 122 cm³/mol. The number of hydrogen-bond donors (Lipinski definition) is 0. The van der Waals surface area contributed by atoms with Gasteiger partial charge < -0.3 is 4.90 Å². The van der Waals surface area contributed by atoms with Crippen molar-refractivity contribution in [2.75, 3.05) is 7.05 Å². The molecule has 0 saturated heterocycles. The Morgan fingerprint density at radius 1 is 0.968 bits per heavy atom. The number of aromatic nitrogens is 4. The van der Waals surface area contributed by atoms with Crippen LogP contribution >= 0.6 is 0 Å². The molecule has 4 rings (SSSR count). The summed E-state index contributed by atoms with van der Waals surface area (Å²) in [6.07, 6.45) is 1.85. The number of carbonyl (C=O) groups is 1. The van der Waals surface area contributed by atoms with Crippen molar-refractivity contribution in [3.05, 3.63) is 89.4 Å². The molecule has 0 unspecified atom stereocenters. The fraction of sp³-hybridized carbons (Fsp3) is 0.240. The molecule has 0 aliphatic carbocycles. The van der Waals surface area contributed by atoms with Crippen molar-refractivity contribution < 1.29 is 4.79 Å². The largest absolute Gasteiger partial charge is 0.337 e. The SMILES string of the molecule is CCn1ncc(CN(C)C(=O)c2c(-c3ccccc3)nn(-c3ccccc3)c2C)c1C. The van der Waals surface area contributed by atoms with Gasteiger partial charge in [-0.3, -0.25) is 9.48 Å². The van der Waals surface area contributed by atoms with Crippen LogP contribution in [0.3, 0.4) is 0 Å². The summed E-state index contributed by atoms with van der Waals surface area (Å²) in [5.74, 6) is -0.0535. The third-order valence-corrected chi connectivity index (χ3v) is 5.64. The van der Waals surface area contributed by atoms with Gasteiger partial charge in [0.25, 0.3) is 5.91 Å². The number of hydrogen-bond acceptors (Lipinski definition) is 3. The maximum absolute atomic E-state index is 13.6. The summed E-state index contributed by atoms with van der Waals surface area (Å²) in [6.45, 7) is 7.36. The number of benzene rings is 2. The number of carbonyl (C=O) groups excluding carboxylic acids is 1. The molecule has 2 aromatic heterocycles. The predicted octanol–water partition coefficient (Wildman–Crippen LogP) is 4.64. The molecular formula is C25H27N5O. The molecule has 0 aliphatic heterocycles. The highest BCUT2D eigenvalue weighted by atomic mass is 16.2. The van der Waals surface area contributed by atoms with Crippen LogP contribution in [0.25, 0.3) is 16.9 Å². The second kappa shape index (κ2) is 8.60. The molecule has 6 heteroatoms. The fourth-order valence-corrected chi connectivity index (χ4v) is 3.85. The minimum atomic E-state index is -0.0535. The molecule has 2 aromatic carbocycles. The monoisotopic (exact) mass is 413 g/mol. The first-order valence-electron chi connectivity index (χ1n) is 10.5. The zero-order chi connectivity index (χ0) is 22.0. The number of para-hydroxylation sites is 1. The van der Waals surface area contributed by atoms with Crippen molar-refractivity contribution in [1.29, 1.82) is 0 Å². The summed E-state index contributed by atoms with van der Waals surface area (Å²) in [5, 5.41) is 9.26. The Hall–Kier alpha value is -3.67. The second-order valence-corrected chi connectivity index (χ2v) is 7.65. The van der Waals surface area contributed by atoms with Crippen LogP contribution < -0.4 is 0 Å². The average molecular weight is 414 g/mol. The third-order valence-electron chi connectivity index (χ3n) is 5.64. The molecule has 0 atom stereocenters. The van der Waals surface area contributed by atoms with E-state index in [-0.39, 0.29) is 5.91 Å². The third kappa shape index (κ3) is 3.89. The van der Waals surface area contributed by atoms with E-state index in [1.807, 2.05) is 97.1 Å². The molecule has 0 N–H and O–H groups in total. The van der Waals surface area contributed by atoms with Crippen molar-refractivity contribution in [2.45, 2.75) is 33.9 Å². The van der Waals surface area contributed by atoms with E-state index < -0.39 is 0 Å². The van der Waals surface area contributed by atoms with E-state index in [4.69, 9.17) is 5.10 Å². The van der Waals surface area contributed by atoms with E-state index >= 15 is 0 Å². The second-order valence-electron chi connectivity index (χ2n) is 7.65. The highest BCUT2D eigenvalue weighted by Gasteiger charge is 2.26. The van der Waals surface area contributed by atoms with Gasteiger partial charge in [-0.2, -0.15) is 10.2 Å². The Kier molecular flexibility index (Phi) is 5.71. The number of nitrogens with zero attached hydrogens (tertiary/aromatic N) is 5. The van der Waals surface area contributed by atoms with Crippen molar-refractivity contribution in [2.24, 2.45) is 0 Å². The fourth-order valence-electron chi connectivity index (χ4n) is 3.85. The van der Waals surface area contributed by atoms with Crippen LogP contribution in [0.5, 0.6) is 0 Å².